The van der Waals surface area contributed by atoms with E-state index in [2.05, 4.69) is 39.5 Å². The molecule has 1 aromatic carbocycles. The average molecular weight is 274 g/mol. The zero-order valence-corrected chi connectivity index (χ0v) is 11.6. The van der Waals surface area contributed by atoms with E-state index in [0.717, 1.165) is 19.6 Å². The molecule has 3 N–H and O–H groups in total. The predicted molar refractivity (Wildman–Crippen MR) is 80.3 cm³/mol. The van der Waals surface area contributed by atoms with Crippen LogP contribution in [0.2, 0.25) is 0 Å². The lowest BCUT2D eigenvalue weighted by Gasteiger charge is -2.16. The number of para-hydroxylation sites is 1. The molecule has 1 unspecified atom stereocenters. The van der Waals surface area contributed by atoms with Crippen LogP contribution in [-0.2, 0) is 6.54 Å². The fourth-order valence-electron chi connectivity index (χ4n) is 2.48. The Morgan fingerprint density at radius 3 is 2.95 bits per heavy atom. The van der Waals surface area contributed by atoms with Crippen molar-refractivity contribution in [2.75, 3.05) is 24.1 Å². The van der Waals surface area contributed by atoms with E-state index in [0.29, 0.717) is 11.2 Å². The molecule has 0 radical (unpaired) electrons. The maximum atomic E-state index is 5.66. The van der Waals surface area contributed by atoms with E-state index in [1.54, 1.807) is 11.3 Å². The van der Waals surface area contributed by atoms with E-state index in [9.17, 15) is 0 Å². The lowest BCUT2D eigenvalue weighted by molar-refractivity contribution is 0.331. The average Bonchev–Trinajstić information content (AvgIpc) is 3.01. The largest absolute Gasteiger partial charge is 0.381 e. The van der Waals surface area contributed by atoms with Gasteiger partial charge in [-0.15, -0.1) is 11.3 Å². The van der Waals surface area contributed by atoms with Gasteiger partial charge in [-0.3, -0.25) is 4.90 Å². The van der Waals surface area contributed by atoms with E-state index in [4.69, 9.17) is 5.73 Å². The van der Waals surface area contributed by atoms with Gasteiger partial charge in [0.25, 0.3) is 0 Å². The lowest BCUT2D eigenvalue weighted by Crippen LogP contribution is -2.25. The number of likely N-dealkylation sites (tertiary alicyclic amines) is 1. The number of hydrogen-bond donors (Lipinski definition) is 2. The van der Waals surface area contributed by atoms with Crippen molar-refractivity contribution in [1.82, 2.24) is 9.88 Å². The van der Waals surface area contributed by atoms with Crippen molar-refractivity contribution in [3.63, 3.8) is 0 Å². The van der Waals surface area contributed by atoms with Gasteiger partial charge in [-0.05, 0) is 18.6 Å². The number of nitrogens with one attached hydrogen (secondary N) is 1. The number of nitrogen functional groups attached to an aromatic ring is 1. The minimum absolute atomic E-state index is 0.535. The smallest absolute Gasteiger partial charge is 0.180 e. The fraction of sp³-hybridized carbons (Fsp3) is 0.357. The molecule has 2 heterocycles. The van der Waals surface area contributed by atoms with Gasteiger partial charge in [-0.2, -0.15) is 0 Å². The molecule has 0 bridgehead atoms. The maximum Gasteiger partial charge on any atom is 0.180 e. The second-order valence-corrected chi connectivity index (χ2v) is 6.04. The number of thiazole rings is 1. The van der Waals surface area contributed by atoms with Gasteiger partial charge >= 0.3 is 0 Å². The first-order valence-corrected chi connectivity index (χ1v) is 7.35. The maximum absolute atomic E-state index is 5.66. The first-order chi connectivity index (χ1) is 9.29. The Bertz CT molecular complexity index is 525. The molecule has 0 saturated carbocycles. The third kappa shape index (κ3) is 3.24. The molecule has 0 amide bonds. The van der Waals surface area contributed by atoms with Crippen LogP contribution < -0.4 is 11.1 Å². The highest BCUT2D eigenvalue weighted by Gasteiger charge is 2.22. The summed E-state index contributed by atoms with van der Waals surface area (Å²) in [6.07, 6.45) is 3.07. The molecule has 1 fully saturated rings. The summed E-state index contributed by atoms with van der Waals surface area (Å²) in [5.41, 5.74) is 6.86. The third-order valence-electron chi connectivity index (χ3n) is 3.37. The van der Waals surface area contributed by atoms with Gasteiger partial charge in [0.15, 0.2) is 5.13 Å². The van der Waals surface area contributed by atoms with E-state index in [-0.39, 0.29) is 0 Å². The molecular weight excluding hydrogens is 256 g/mol. The minimum Gasteiger partial charge on any atom is -0.381 e. The van der Waals surface area contributed by atoms with Crippen LogP contribution in [0.25, 0.3) is 0 Å². The molecule has 0 aliphatic carbocycles. The molecule has 1 aliphatic heterocycles. The van der Waals surface area contributed by atoms with Crippen LogP contribution in [0.3, 0.4) is 0 Å². The number of nitrogens with two attached hydrogens (primary N) is 1. The van der Waals surface area contributed by atoms with E-state index in [1.165, 1.54) is 17.0 Å². The van der Waals surface area contributed by atoms with Crippen molar-refractivity contribution in [1.29, 1.82) is 0 Å². The quantitative estimate of drug-likeness (QED) is 0.899. The summed E-state index contributed by atoms with van der Waals surface area (Å²) in [6, 6.07) is 10.9. The summed E-state index contributed by atoms with van der Waals surface area (Å²) in [7, 11) is 0. The molecule has 1 saturated heterocycles. The van der Waals surface area contributed by atoms with E-state index in [1.807, 2.05) is 12.3 Å². The van der Waals surface area contributed by atoms with Crippen LogP contribution in [0.15, 0.2) is 36.5 Å². The van der Waals surface area contributed by atoms with Crippen molar-refractivity contribution in [2.24, 2.45) is 0 Å². The van der Waals surface area contributed by atoms with Crippen LogP contribution in [-0.4, -0.2) is 29.0 Å². The summed E-state index contributed by atoms with van der Waals surface area (Å²) in [5, 5.41) is 4.24. The number of rotatable bonds is 4. The van der Waals surface area contributed by atoms with Gasteiger partial charge < -0.3 is 11.1 Å². The van der Waals surface area contributed by atoms with Crippen LogP contribution in [0.1, 0.15) is 11.3 Å². The summed E-state index contributed by atoms with van der Waals surface area (Å²) < 4.78 is 0. The van der Waals surface area contributed by atoms with Crippen LogP contribution >= 0.6 is 11.3 Å². The number of anilines is 2. The summed E-state index contributed by atoms with van der Waals surface area (Å²) in [6.45, 7) is 3.16. The normalized spacial score (nSPS) is 19.7. The van der Waals surface area contributed by atoms with Crippen molar-refractivity contribution in [3.05, 3.63) is 41.4 Å². The Hall–Kier alpha value is -1.59. The van der Waals surface area contributed by atoms with Gasteiger partial charge in [0.05, 0.1) is 0 Å². The highest BCUT2D eigenvalue weighted by atomic mass is 32.1. The van der Waals surface area contributed by atoms with E-state index < -0.39 is 0 Å². The van der Waals surface area contributed by atoms with Crippen molar-refractivity contribution in [3.8, 4) is 0 Å². The monoisotopic (exact) mass is 274 g/mol. The van der Waals surface area contributed by atoms with Crippen LogP contribution in [0, 0.1) is 0 Å². The SMILES string of the molecule is Nc1ncc(CN2CCC(Nc3ccccc3)C2)s1. The molecule has 1 aromatic heterocycles. The topological polar surface area (TPSA) is 54.2 Å². The number of aromatic nitrogens is 1. The lowest BCUT2D eigenvalue weighted by atomic mass is 10.2. The number of hydrogen-bond acceptors (Lipinski definition) is 5. The van der Waals surface area contributed by atoms with Crippen LogP contribution in [0.5, 0.6) is 0 Å². The Morgan fingerprint density at radius 2 is 2.21 bits per heavy atom. The standard InChI is InChI=1S/C14H18N4S/c15-14-16-8-13(19-14)10-18-7-6-12(9-18)17-11-4-2-1-3-5-11/h1-5,8,12,17H,6-7,9-10H2,(H2,15,16). The minimum atomic E-state index is 0.535. The second-order valence-electron chi connectivity index (χ2n) is 4.90. The van der Waals surface area contributed by atoms with Crippen LogP contribution in [0.4, 0.5) is 10.8 Å². The molecule has 3 rings (SSSR count). The molecule has 100 valence electrons. The molecule has 19 heavy (non-hydrogen) atoms. The van der Waals surface area contributed by atoms with Crippen molar-refractivity contribution in [2.45, 2.75) is 19.0 Å². The summed E-state index contributed by atoms with van der Waals surface area (Å²) in [4.78, 5) is 7.80. The number of nitrogens with zero attached hydrogens (tertiary/aromatic N) is 2. The summed E-state index contributed by atoms with van der Waals surface area (Å²) >= 11 is 1.58. The van der Waals surface area contributed by atoms with Crippen molar-refractivity contribution < 1.29 is 0 Å². The Balaban J connectivity index is 1.53. The Morgan fingerprint density at radius 1 is 1.37 bits per heavy atom. The van der Waals surface area contributed by atoms with E-state index >= 15 is 0 Å². The summed E-state index contributed by atoms with van der Waals surface area (Å²) in [5.74, 6) is 0. The predicted octanol–water partition coefficient (Wildman–Crippen LogP) is 2.41. The molecule has 1 atom stereocenters. The molecule has 5 heteroatoms. The molecule has 4 nitrogen and oxygen atoms in total. The molecule has 2 aromatic rings. The first-order valence-electron chi connectivity index (χ1n) is 6.54. The molecule has 0 spiro atoms. The van der Waals surface area contributed by atoms with Gasteiger partial charge in [-0.1, -0.05) is 18.2 Å². The van der Waals surface area contributed by atoms with Gasteiger partial charge in [0.1, 0.15) is 0 Å². The molecule has 1 aliphatic rings. The van der Waals surface area contributed by atoms with Gasteiger partial charge in [0.2, 0.25) is 0 Å². The zero-order chi connectivity index (χ0) is 13.1. The number of benzene rings is 1. The third-order valence-corrected chi connectivity index (χ3v) is 4.18. The molecular formula is C14H18N4S. The highest BCUT2D eigenvalue weighted by Crippen LogP contribution is 2.21. The zero-order valence-electron chi connectivity index (χ0n) is 10.7. The second kappa shape index (κ2) is 5.59. The Labute approximate surface area is 117 Å². The van der Waals surface area contributed by atoms with Crippen molar-refractivity contribution >= 4 is 22.2 Å². The Kier molecular flexibility index (Phi) is 3.66. The fourth-order valence-corrected chi connectivity index (χ4v) is 3.21. The highest BCUT2D eigenvalue weighted by molar-refractivity contribution is 7.15. The first kappa shape index (κ1) is 12.4. The van der Waals surface area contributed by atoms with Gasteiger partial charge in [-0.25, -0.2) is 4.98 Å². The van der Waals surface area contributed by atoms with Gasteiger partial charge in [0, 0.05) is 42.4 Å².